The van der Waals surface area contributed by atoms with Gasteiger partial charge in [-0.2, -0.15) is 11.8 Å². The molecular formula is C10H20OS. The van der Waals surface area contributed by atoms with Crippen LogP contribution in [0.4, 0.5) is 0 Å². The van der Waals surface area contributed by atoms with Gasteiger partial charge in [-0.25, -0.2) is 0 Å². The van der Waals surface area contributed by atoms with Gasteiger partial charge in [0.2, 0.25) is 0 Å². The fraction of sp³-hybridized carbons (Fsp3) is 0.900. The number of ketones is 1. The largest absolute Gasteiger partial charge is 0.300 e. The summed E-state index contributed by atoms with van der Waals surface area (Å²) in [7, 11) is 0. The van der Waals surface area contributed by atoms with E-state index in [1.165, 1.54) is 0 Å². The molecule has 0 aliphatic carbocycles. The molecule has 2 heteroatoms. The Morgan fingerprint density at radius 1 is 1.25 bits per heavy atom. The molecule has 0 aromatic heterocycles. The second-order valence-electron chi connectivity index (χ2n) is 3.81. The van der Waals surface area contributed by atoms with Crippen LogP contribution >= 0.6 is 11.8 Å². The standard InChI is InChI=1S/C10H20OS/c1-8(2)7-10(11)5-6-12-9(3)4/h8-9H,5-7H2,1-4H3. The zero-order valence-electron chi connectivity index (χ0n) is 8.59. The second kappa shape index (κ2) is 6.53. The van der Waals surface area contributed by atoms with Gasteiger partial charge in [0.25, 0.3) is 0 Å². The maximum atomic E-state index is 11.2. The quantitative estimate of drug-likeness (QED) is 0.637. The number of carbonyl (C=O) groups is 1. The van der Waals surface area contributed by atoms with Crippen LogP contribution in [-0.4, -0.2) is 16.8 Å². The van der Waals surface area contributed by atoms with E-state index in [1.54, 1.807) is 0 Å². The number of rotatable bonds is 6. The van der Waals surface area contributed by atoms with Gasteiger partial charge in [-0.3, -0.25) is 4.79 Å². The first-order valence-corrected chi connectivity index (χ1v) is 5.70. The lowest BCUT2D eigenvalue weighted by Gasteiger charge is -2.05. The lowest BCUT2D eigenvalue weighted by Crippen LogP contribution is -2.04. The molecule has 0 fully saturated rings. The van der Waals surface area contributed by atoms with E-state index in [2.05, 4.69) is 27.7 Å². The molecule has 0 heterocycles. The van der Waals surface area contributed by atoms with Crippen LogP contribution in [0.5, 0.6) is 0 Å². The Hall–Kier alpha value is 0.0200. The van der Waals surface area contributed by atoms with Gasteiger partial charge in [0.1, 0.15) is 5.78 Å². The highest BCUT2D eigenvalue weighted by Gasteiger charge is 2.05. The molecule has 72 valence electrons. The SMILES string of the molecule is CC(C)CC(=O)CCSC(C)C. The van der Waals surface area contributed by atoms with Gasteiger partial charge in [-0.05, 0) is 11.2 Å². The molecule has 0 unspecified atom stereocenters. The van der Waals surface area contributed by atoms with Gasteiger partial charge < -0.3 is 0 Å². The van der Waals surface area contributed by atoms with E-state index in [-0.39, 0.29) is 0 Å². The smallest absolute Gasteiger partial charge is 0.133 e. The molecule has 0 N–H and O–H groups in total. The van der Waals surface area contributed by atoms with E-state index in [4.69, 9.17) is 0 Å². The van der Waals surface area contributed by atoms with Crippen LogP contribution in [0.3, 0.4) is 0 Å². The van der Waals surface area contributed by atoms with E-state index < -0.39 is 0 Å². The maximum Gasteiger partial charge on any atom is 0.133 e. The van der Waals surface area contributed by atoms with Crippen LogP contribution in [0, 0.1) is 5.92 Å². The predicted octanol–water partition coefficient (Wildman–Crippen LogP) is 3.13. The fourth-order valence-electron chi connectivity index (χ4n) is 0.966. The van der Waals surface area contributed by atoms with Crippen molar-refractivity contribution in [1.82, 2.24) is 0 Å². The summed E-state index contributed by atoms with van der Waals surface area (Å²) < 4.78 is 0. The highest BCUT2D eigenvalue weighted by Crippen LogP contribution is 2.12. The molecule has 1 nitrogen and oxygen atoms in total. The summed E-state index contributed by atoms with van der Waals surface area (Å²) in [5.41, 5.74) is 0. The summed E-state index contributed by atoms with van der Waals surface area (Å²) >= 11 is 1.87. The van der Waals surface area contributed by atoms with Crippen LogP contribution in [0.15, 0.2) is 0 Å². The van der Waals surface area contributed by atoms with Gasteiger partial charge >= 0.3 is 0 Å². The summed E-state index contributed by atoms with van der Waals surface area (Å²) in [4.78, 5) is 11.2. The zero-order valence-corrected chi connectivity index (χ0v) is 9.41. The van der Waals surface area contributed by atoms with Crippen molar-refractivity contribution >= 4 is 17.5 Å². The molecule has 0 saturated carbocycles. The number of thioether (sulfide) groups is 1. The Bertz CT molecular complexity index is 130. The molecule has 0 aromatic carbocycles. The van der Waals surface area contributed by atoms with Crippen molar-refractivity contribution in [2.24, 2.45) is 5.92 Å². The maximum absolute atomic E-state index is 11.2. The van der Waals surface area contributed by atoms with Crippen LogP contribution < -0.4 is 0 Å². The highest BCUT2D eigenvalue weighted by molar-refractivity contribution is 7.99. The van der Waals surface area contributed by atoms with Gasteiger partial charge in [-0.15, -0.1) is 0 Å². The first kappa shape index (κ1) is 12.0. The van der Waals surface area contributed by atoms with E-state index in [0.717, 1.165) is 18.6 Å². The van der Waals surface area contributed by atoms with Crippen molar-refractivity contribution in [3.63, 3.8) is 0 Å². The summed E-state index contributed by atoms with van der Waals surface area (Å²) in [6, 6.07) is 0. The first-order chi connectivity index (χ1) is 5.52. The third-order valence-electron chi connectivity index (χ3n) is 1.47. The van der Waals surface area contributed by atoms with Crippen LogP contribution in [0.25, 0.3) is 0 Å². The van der Waals surface area contributed by atoms with Gasteiger partial charge in [0, 0.05) is 18.6 Å². The van der Waals surface area contributed by atoms with Crippen LogP contribution in [0.2, 0.25) is 0 Å². The topological polar surface area (TPSA) is 17.1 Å². The Kier molecular flexibility index (Phi) is 6.54. The van der Waals surface area contributed by atoms with Crippen molar-refractivity contribution in [2.75, 3.05) is 5.75 Å². The van der Waals surface area contributed by atoms with Crippen LogP contribution in [-0.2, 0) is 4.79 Å². The van der Waals surface area contributed by atoms with Crippen molar-refractivity contribution in [3.05, 3.63) is 0 Å². The Balaban J connectivity index is 3.32. The van der Waals surface area contributed by atoms with Crippen molar-refractivity contribution in [3.8, 4) is 0 Å². The van der Waals surface area contributed by atoms with Gasteiger partial charge in [0.15, 0.2) is 0 Å². The molecule has 0 bridgehead atoms. The monoisotopic (exact) mass is 188 g/mol. The number of hydrogen-bond donors (Lipinski definition) is 0. The lowest BCUT2D eigenvalue weighted by molar-refractivity contribution is -0.119. The van der Waals surface area contributed by atoms with Crippen molar-refractivity contribution in [1.29, 1.82) is 0 Å². The average molecular weight is 188 g/mol. The average Bonchev–Trinajstić information content (AvgIpc) is 1.84. The minimum Gasteiger partial charge on any atom is -0.300 e. The Labute approximate surface area is 80.3 Å². The first-order valence-electron chi connectivity index (χ1n) is 4.65. The Morgan fingerprint density at radius 2 is 1.83 bits per heavy atom. The third kappa shape index (κ3) is 8.12. The number of hydrogen-bond acceptors (Lipinski definition) is 2. The minimum atomic E-state index is 0.415. The van der Waals surface area contributed by atoms with E-state index >= 15 is 0 Å². The molecule has 0 aliphatic rings. The van der Waals surface area contributed by atoms with Crippen LogP contribution in [0.1, 0.15) is 40.5 Å². The summed E-state index contributed by atoms with van der Waals surface area (Å²) in [5, 5.41) is 0.650. The summed E-state index contributed by atoms with van der Waals surface area (Å²) in [6.45, 7) is 8.51. The molecule has 0 aliphatic heterocycles. The number of carbonyl (C=O) groups excluding carboxylic acids is 1. The molecule has 0 aromatic rings. The van der Waals surface area contributed by atoms with Crippen molar-refractivity contribution < 1.29 is 4.79 Å². The molecule has 0 spiro atoms. The van der Waals surface area contributed by atoms with Gasteiger partial charge in [-0.1, -0.05) is 27.7 Å². The molecular weight excluding hydrogens is 168 g/mol. The molecule has 0 saturated heterocycles. The highest BCUT2D eigenvalue weighted by atomic mass is 32.2. The van der Waals surface area contributed by atoms with E-state index in [1.807, 2.05) is 11.8 Å². The fourth-order valence-corrected chi connectivity index (χ4v) is 1.78. The minimum absolute atomic E-state index is 0.415. The second-order valence-corrected chi connectivity index (χ2v) is 5.49. The predicted molar refractivity (Wildman–Crippen MR) is 56.7 cm³/mol. The van der Waals surface area contributed by atoms with Gasteiger partial charge in [0.05, 0.1) is 0 Å². The van der Waals surface area contributed by atoms with E-state index in [9.17, 15) is 4.79 Å². The molecule has 0 radical (unpaired) electrons. The normalized spacial score (nSPS) is 11.2. The zero-order chi connectivity index (χ0) is 9.56. The molecule has 0 amide bonds. The summed E-state index contributed by atoms with van der Waals surface area (Å²) in [6.07, 6.45) is 1.50. The lowest BCUT2D eigenvalue weighted by atomic mass is 10.1. The van der Waals surface area contributed by atoms with Crippen molar-refractivity contribution in [2.45, 2.75) is 45.8 Å². The summed E-state index contributed by atoms with van der Waals surface area (Å²) in [5.74, 6) is 1.92. The molecule has 12 heavy (non-hydrogen) atoms. The van der Waals surface area contributed by atoms with E-state index in [0.29, 0.717) is 17.0 Å². The Morgan fingerprint density at radius 3 is 2.25 bits per heavy atom. The molecule has 0 rings (SSSR count). The molecule has 0 atom stereocenters. The number of Topliss-reactive ketones (excluding diaryl/α,β-unsaturated/α-hetero) is 1. The third-order valence-corrected chi connectivity index (χ3v) is 2.57.